The molecule has 2 aromatic rings. The van der Waals surface area contributed by atoms with Gasteiger partial charge in [-0.3, -0.25) is 4.84 Å². The minimum Gasteiger partial charge on any atom is -0.312 e. The van der Waals surface area contributed by atoms with Gasteiger partial charge in [-0.1, -0.05) is 35.6 Å². The molecule has 0 saturated carbocycles. The summed E-state index contributed by atoms with van der Waals surface area (Å²) in [5.41, 5.74) is 3.26. The molecule has 0 saturated heterocycles. The number of urea groups is 1. The summed E-state index contributed by atoms with van der Waals surface area (Å²) in [5.74, 6) is 0. The van der Waals surface area contributed by atoms with E-state index in [9.17, 15) is 4.79 Å². The van der Waals surface area contributed by atoms with Crippen LogP contribution in [0.1, 0.15) is 6.92 Å². The summed E-state index contributed by atoms with van der Waals surface area (Å²) in [6, 6.07) is 7.46. The van der Waals surface area contributed by atoms with E-state index >= 15 is 0 Å². The van der Waals surface area contributed by atoms with E-state index in [0.717, 1.165) is 10.2 Å². The van der Waals surface area contributed by atoms with Crippen LogP contribution in [-0.2, 0) is 11.4 Å². The van der Waals surface area contributed by atoms with Crippen LogP contribution >= 0.6 is 11.3 Å². The van der Waals surface area contributed by atoms with Gasteiger partial charge in [-0.15, -0.1) is 0 Å². The number of hydrogen-bond donors (Lipinski definition) is 1. The Morgan fingerprint density at radius 1 is 1.53 bits per heavy atom. The summed E-state index contributed by atoms with van der Waals surface area (Å²) >= 11 is 1.47. The number of hydrogen-bond acceptors (Lipinski definition) is 3. The van der Waals surface area contributed by atoms with Crippen LogP contribution in [0.25, 0.3) is 10.2 Å². The number of aromatic nitrogens is 1. The van der Waals surface area contributed by atoms with Gasteiger partial charge in [-0.05, 0) is 19.1 Å². The molecule has 0 atom stereocenters. The minimum atomic E-state index is -0.511. The maximum Gasteiger partial charge on any atom is 0.367 e. The lowest BCUT2D eigenvalue weighted by atomic mass is 10.3. The summed E-state index contributed by atoms with van der Waals surface area (Å²) < 4.78 is 3.09. The van der Waals surface area contributed by atoms with Gasteiger partial charge >= 0.3 is 6.03 Å². The van der Waals surface area contributed by atoms with Gasteiger partial charge in [0, 0.05) is 6.54 Å². The monoisotopic (exact) mass is 277 g/mol. The Bertz CT molecular complexity index is 670. The van der Waals surface area contributed by atoms with Crippen LogP contribution in [-0.4, -0.2) is 17.7 Å². The molecule has 0 aliphatic rings. The first-order valence-electron chi connectivity index (χ1n) is 5.83. The standard InChI is InChI=1S/C13H15N3O2S/c1-3-4-9-16-10-7-5-6-8-11(10)19-13(16)14-12(17)15-18-2/h3-8H,9H2,1-2H3,(H,15,17). The number of allylic oxidation sites excluding steroid dienone is 2. The van der Waals surface area contributed by atoms with Crippen molar-refractivity contribution in [1.82, 2.24) is 10.0 Å². The lowest BCUT2D eigenvalue weighted by Crippen LogP contribution is -2.23. The van der Waals surface area contributed by atoms with Crippen LogP contribution in [0.2, 0.25) is 0 Å². The van der Waals surface area contributed by atoms with Crippen LogP contribution in [0.4, 0.5) is 4.79 Å². The maximum absolute atomic E-state index is 11.5. The van der Waals surface area contributed by atoms with Gasteiger partial charge in [-0.2, -0.15) is 4.99 Å². The highest BCUT2D eigenvalue weighted by molar-refractivity contribution is 7.16. The molecule has 1 N–H and O–H groups in total. The van der Waals surface area contributed by atoms with E-state index in [1.807, 2.05) is 47.9 Å². The zero-order valence-corrected chi connectivity index (χ0v) is 11.6. The fraction of sp³-hybridized carbons (Fsp3) is 0.231. The van der Waals surface area contributed by atoms with Gasteiger partial charge in [0.2, 0.25) is 0 Å². The summed E-state index contributed by atoms with van der Waals surface area (Å²) in [6.45, 7) is 2.64. The second-order valence-electron chi connectivity index (χ2n) is 3.76. The van der Waals surface area contributed by atoms with Gasteiger partial charge in [-0.25, -0.2) is 10.3 Å². The number of rotatable bonds is 3. The largest absolute Gasteiger partial charge is 0.367 e. The van der Waals surface area contributed by atoms with E-state index in [4.69, 9.17) is 0 Å². The molecular weight excluding hydrogens is 262 g/mol. The first-order valence-corrected chi connectivity index (χ1v) is 6.65. The third kappa shape index (κ3) is 3.10. The van der Waals surface area contributed by atoms with Crippen LogP contribution < -0.4 is 10.3 Å². The van der Waals surface area contributed by atoms with Crippen molar-refractivity contribution in [3.05, 3.63) is 41.2 Å². The van der Waals surface area contributed by atoms with Crippen molar-refractivity contribution in [1.29, 1.82) is 0 Å². The number of nitrogens with zero attached hydrogens (tertiary/aromatic N) is 2. The van der Waals surface area contributed by atoms with E-state index < -0.39 is 6.03 Å². The number of amides is 2. The third-order valence-corrected chi connectivity index (χ3v) is 3.56. The number of para-hydroxylation sites is 1. The average molecular weight is 277 g/mol. The quantitative estimate of drug-likeness (QED) is 0.692. The van der Waals surface area contributed by atoms with Crippen LogP contribution in [0.3, 0.4) is 0 Å². The van der Waals surface area contributed by atoms with Gasteiger partial charge in [0.15, 0.2) is 4.80 Å². The molecule has 100 valence electrons. The smallest absolute Gasteiger partial charge is 0.312 e. The molecule has 0 bridgehead atoms. The Balaban J connectivity index is 2.55. The van der Waals surface area contributed by atoms with E-state index in [0.29, 0.717) is 11.3 Å². The van der Waals surface area contributed by atoms with Crippen molar-refractivity contribution in [2.45, 2.75) is 13.5 Å². The lowest BCUT2D eigenvalue weighted by molar-refractivity contribution is 0.112. The van der Waals surface area contributed by atoms with E-state index in [1.54, 1.807) is 0 Å². The molecule has 0 radical (unpaired) electrons. The number of nitrogens with one attached hydrogen (secondary N) is 1. The average Bonchev–Trinajstić information content (AvgIpc) is 2.74. The highest BCUT2D eigenvalue weighted by Crippen LogP contribution is 2.16. The van der Waals surface area contributed by atoms with Gasteiger partial charge in [0.05, 0.1) is 17.3 Å². The molecule has 0 fully saturated rings. The Hall–Kier alpha value is -1.92. The molecule has 0 aliphatic carbocycles. The minimum absolute atomic E-state index is 0.511. The zero-order chi connectivity index (χ0) is 13.7. The van der Waals surface area contributed by atoms with Crippen molar-refractivity contribution < 1.29 is 9.63 Å². The number of thiazole rings is 1. The van der Waals surface area contributed by atoms with Crippen molar-refractivity contribution in [3.63, 3.8) is 0 Å². The highest BCUT2D eigenvalue weighted by atomic mass is 32.1. The first-order chi connectivity index (χ1) is 9.26. The summed E-state index contributed by atoms with van der Waals surface area (Å²) in [5, 5.41) is 0. The molecule has 5 nitrogen and oxygen atoms in total. The van der Waals surface area contributed by atoms with E-state index in [2.05, 4.69) is 15.3 Å². The van der Waals surface area contributed by atoms with Crippen molar-refractivity contribution in [3.8, 4) is 0 Å². The molecule has 1 aromatic heterocycles. The Kier molecular flexibility index (Phi) is 4.48. The second kappa shape index (κ2) is 6.31. The fourth-order valence-electron chi connectivity index (χ4n) is 1.69. The van der Waals surface area contributed by atoms with Crippen LogP contribution in [0.5, 0.6) is 0 Å². The predicted octanol–water partition coefficient (Wildman–Crippen LogP) is 2.45. The molecule has 0 spiro atoms. The van der Waals surface area contributed by atoms with E-state index in [1.165, 1.54) is 18.4 Å². The highest BCUT2D eigenvalue weighted by Gasteiger charge is 2.05. The molecule has 1 aromatic carbocycles. The Morgan fingerprint density at radius 2 is 2.32 bits per heavy atom. The maximum atomic E-state index is 11.5. The second-order valence-corrected chi connectivity index (χ2v) is 4.76. The molecular formula is C13H15N3O2S. The molecule has 0 aliphatic heterocycles. The van der Waals surface area contributed by atoms with Gasteiger partial charge < -0.3 is 4.57 Å². The molecule has 6 heteroatoms. The molecule has 2 amide bonds. The van der Waals surface area contributed by atoms with Crippen molar-refractivity contribution >= 4 is 27.6 Å². The van der Waals surface area contributed by atoms with Crippen molar-refractivity contribution in [2.24, 2.45) is 4.99 Å². The summed E-state index contributed by atoms with van der Waals surface area (Å²) in [7, 11) is 1.38. The van der Waals surface area contributed by atoms with Gasteiger partial charge in [0.1, 0.15) is 0 Å². The normalized spacial score (nSPS) is 12.4. The van der Waals surface area contributed by atoms with Crippen LogP contribution in [0, 0.1) is 0 Å². The number of fused-ring (bicyclic) bond motifs is 1. The van der Waals surface area contributed by atoms with Gasteiger partial charge in [0.25, 0.3) is 0 Å². The molecule has 2 rings (SSSR count). The SMILES string of the molecule is CC=CCn1c(=NC(=O)NOC)sc2ccccc21. The fourth-order valence-corrected chi connectivity index (χ4v) is 2.73. The topological polar surface area (TPSA) is 55.6 Å². The third-order valence-electron chi connectivity index (χ3n) is 2.50. The molecule has 1 heterocycles. The number of hydroxylamine groups is 1. The number of benzene rings is 1. The van der Waals surface area contributed by atoms with E-state index in [-0.39, 0.29) is 0 Å². The lowest BCUT2D eigenvalue weighted by Gasteiger charge is -2.00. The Morgan fingerprint density at radius 3 is 3.05 bits per heavy atom. The predicted molar refractivity (Wildman–Crippen MR) is 75.7 cm³/mol. The molecule has 0 unspecified atom stereocenters. The Labute approximate surface area is 114 Å². The first kappa shape index (κ1) is 13.5. The summed E-state index contributed by atoms with van der Waals surface area (Å²) in [4.78, 5) is 20.7. The summed E-state index contributed by atoms with van der Waals surface area (Å²) in [6.07, 6.45) is 3.99. The zero-order valence-electron chi connectivity index (χ0n) is 10.8. The number of carbonyl (C=O) groups is 1. The number of carbonyl (C=O) groups excluding carboxylic acids is 1. The molecule has 19 heavy (non-hydrogen) atoms. The van der Waals surface area contributed by atoms with Crippen molar-refractivity contribution in [2.75, 3.05) is 7.11 Å². The van der Waals surface area contributed by atoms with Crippen LogP contribution in [0.15, 0.2) is 41.4 Å².